The molecular formula is C13H23N5O. The van der Waals surface area contributed by atoms with Crippen LogP contribution < -0.4 is 11.1 Å². The van der Waals surface area contributed by atoms with E-state index in [2.05, 4.69) is 20.5 Å². The fourth-order valence-corrected chi connectivity index (χ4v) is 2.76. The zero-order valence-corrected chi connectivity index (χ0v) is 11.3. The molecule has 1 aliphatic rings. The van der Waals surface area contributed by atoms with E-state index in [4.69, 9.17) is 5.73 Å². The SMILES string of the molecule is NCC1(C(=O)NCCc2ncn[nH]2)CCCCCC1. The van der Waals surface area contributed by atoms with E-state index in [-0.39, 0.29) is 11.3 Å². The molecule has 0 aromatic carbocycles. The van der Waals surface area contributed by atoms with E-state index >= 15 is 0 Å². The normalized spacial score (nSPS) is 18.8. The van der Waals surface area contributed by atoms with Crippen molar-refractivity contribution in [2.24, 2.45) is 11.1 Å². The average Bonchev–Trinajstić information content (AvgIpc) is 2.82. The molecular weight excluding hydrogens is 242 g/mol. The highest BCUT2D eigenvalue weighted by Crippen LogP contribution is 2.34. The van der Waals surface area contributed by atoms with Crippen LogP contribution in [0.25, 0.3) is 0 Å². The molecule has 1 aromatic heterocycles. The summed E-state index contributed by atoms with van der Waals surface area (Å²) in [5.41, 5.74) is 5.54. The Morgan fingerprint density at radius 2 is 2.11 bits per heavy atom. The smallest absolute Gasteiger partial charge is 0.227 e. The minimum absolute atomic E-state index is 0.108. The van der Waals surface area contributed by atoms with Gasteiger partial charge in [0, 0.05) is 19.5 Å². The molecule has 1 amide bonds. The quantitative estimate of drug-likeness (QED) is 0.685. The lowest BCUT2D eigenvalue weighted by molar-refractivity contribution is -0.131. The van der Waals surface area contributed by atoms with Crippen molar-refractivity contribution < 1.29 is 4.79 Å². The number of amides is 1. The van der Waals surface area contributed by atoms with Crippen LogP contribution in [0.5, 0.6) is 0 Å². The van der Waals surface area contributed by atoms with Crippen molar-refractivity contribution in [3.8, 4) is 0 Å². The fourth-order valence-electron chi connectivity index (χ4n) is 2.76. The van der Waals surface area contributed by atoms with Crippen molar-refractivity contribution in [1.29, 1.82) is 0 Å². The van der Waals surface area contributed by atoms with E-state index in [1.165, 1.54) is 19.2 Å². The van der Waals surface area contributed by atoms with Gasteiger partial charge in [-0.3, -0.25) is 9.89 Å². The zero-order chi connectivity index (χ0) is 13.6. The van der Waals surface area contributed by atoms with Gasteiger partial charge in [-0.2, -0.15) is 5.10 Å². The van der Waals surface area contributed by atoms with Gasteiger partial charge in [0.15, 0.2) is 0 Å². The van der Waals surface area contributed by atoms with E-state index in [9.17, 15) is 4.79 Å². The second kappa shape index (κ2) is 6.65. The van der Waals surface area contributed by atoms with E-state index in [1.807, 2.05) is 0 Å². The minimum Gasteiger partial charge on any atom is -0.355 e. The van der Waals surface area contributed by atoms with Gasteiger partial charge in [-0.05, 0) is 12.8 Å². The summed E-state index contributed by atoms with van der Waals surface area (Å²) in [6, 6.07) is 0. The predicted molar refractivity (Wildman–Crippen MR) is 72.3 cm³/mol. The first-order chi connectivity index (χ1) is 9.27. The molecule has 2 rings (SSSR count). The van der Waals surface area contributed by atoms with Gasteiger partial charge in [0.05, 0.1) is 5.41 Å². The van der Waals surface area contributed by atoms with E-state index in [0.717, 1.165) is 31.5 Å². The van der Waals surface area contributed by atoms with E-state index < -0.39 is 0 Å². The Morgan fingerprint density at radius 3 is 2.68 bits per heavy atom. The lowest BCUT2D eigenvalue weighted by atomic mass is 9.79. The van der Waals surface area contributed by atoms with Crippen LogP contribution in [-0.4, -0.2) is 34.2 Å². The number of H-pyrrole nitrogens is 1. The molecule has 0 bridgehead atoms. The number of carbonyl (C=O) groups excluding carboxylic acids is 1. The van der Waals surface area contributed by atoms with Gasteiger partial charge in [-0.1, -0.05) is 25.7 Å². The zero-order valence-electron chi connectivity index (χ0n) is 11.3. The topological polar surface area (TPSA) is 96.7 Å². The Morgan fingerprint density at radius 1 is 1.37 bits per heavy atom. The first-order valence-corrected chi connectivity index (χ1v) is 7.09. The standard InChI is InChI=1S/C13H23N5O/c14-9-13(6-3-1-2-4-7-13)12(19)15-8-5-11-16-10-17-18-11/h10H,1-9,14H2,(H,15,19)(H,16,17,18). The third-order valence-electron chi connectivity index (χ3n) is 4.05. The maximum absolute atomic E-state index is 12.4. The Hall–Kier alpha value is -1.43. The van der Waals surface area contributed by atoms with Gasteiger partial charge in [-0.25, -0.2) is 4.98 Å². The summed E-state index contributed by atoms with van der Waals surface area (Å²) in [4.78, 5) is 16.4. The summed E-state index contributed by atoms with van der Waals surface area (Å²) in [6.07, 6.45) is 8.62. The van der Waals surface area contributed by atoms with Gasteiger partial charge in [-0.15, -0.1) is 0 Å². The van der Waals surface area contributed by atoms with Crippen LogP contribution in [-0.2, 0) is 11.2 Å². The number of nitrogens with two attached hydrogens (primary N) is 1. The molecule has 0 aliphatic heterocycles. The summed E-state index contributed by atoms with van der Waals surface area (Å²) in [5, 5.41) is 9.57. The van der Waals surface area contributed by atoms with Crippen molar-refractivity contribution in [2.75, 3.05) is 13.1 Å². The number of hydrogen-bond acceptors (Lipinski definition) is 4. The average molecular weight is 265 g/mol. The number of aromatic nitrogens is 3. The summed E-state index contributed by atoms with van der Waals surface area (Å²) < 4.78 is 0. The number of hydrogen-bond donors (Lipinski definition) is 3. The molecule has 0 atom stereocenters. The minimum atomic E-state index is -0.349. The molecule has 1 aromatic rings. The lowest BCUT2D eigenvalue weighted by Gasteiger charge is -2.29. The molecule has 1 saturated carbocycles. The summed E-state index contributed by atoms with van der Waals surface area (Å²) in [6.45, 7) is 1.02. The van der Waals surface area contributed by atoms with Crippen LogP contribution >= 0.6 is 0 Å². The van der Waals surface area contributed by atoms with Gasteiger partial charge in [0.1, 0.15) is 12.2 Å². The van der Waals surface area contributed by atoms with Gasteiger partial charge >= 0.3 is 0 Å². The number of nitrogens with one attached hydrogen (secondary N) is 2. The van der Waals surface area contributed by atoms with Crippen molar-refractivity contribution >= 4 is 5.91 Å². The first-order valence-electron chi connectivity index (χ1n) is 7.09. The maximum atomic E-state index is 12.4. The van der Waals surface area contributed by atoms with Gasteiger partial charge in [0.25, 0.3) is 0 Å². The van der Waals surface area contributed by atoms with Crippen LogP contribution in [0.2, 0.25) is 0 Å². The summed E-state index contributed by atoms with van der Waals surface area (Å²) >= 11 is 0. The molecule has 106 valence electrons. The molecule has 1 heterocycles. The van der Waals surface area contributed by atoms with E-state index in [0.29, 0.717) is 19.5 Å². The Labute approximate surface area is 113 Å². The van der Waals surface area contributed by atoms with Crippen molar-refractivity contribution in [3.63, 3.8) is 0 Å². The van der Waals surface area contributed by atoms with Crippen molar-refractivity contribution in [1.82, 2.24) is 20.5 Å². The monoisotopic (exact) mass is 265 g/mol. The highest BCUT2D eigenvalue weighted by atomic mass is 16.2. The molecule has 0 radical (unpaired) electrons. The second-order valence-corrected chi connectivity index (χ2v) is 5.34. The molecule has 19 heavy (non-hydrogen) atoms. The highest BCUT2D eigenvalue weighted by Gasteiger charge is 2.36. The van der Waals surface area contributed by atoms with Crippen LogP contribution in [0.1, 0.15) is 44.3 Å². The Kier molecular flexibility index (Phi) is 4.90. The Balaban J connectivity index is 1.85. The van der Waals surface area contributed by atoms with Crippen LogP contribution in [0.15, 0.2) is 6.33 Å². The first kappa shape index (κ1) is 14.0. The van der Waals surface area contributed by atoms with Crippen LogP contribution in [0.4, 0.5) is 0 Å². The number of carbonyl (C=O) groups is 1. The van der Waals surface area contributed by atoms with Crippen LogP contribution in [0, 0.1) is 5.41 Å². The molecule has 0 spiro atoms. The summed E-state index contributed by atoms with van der Waals surface area (Å²) in [7, 11) is 0. The molecule has 4 N–H and O–H groups in total. The Bertz CT molecular complexity index is 382. The predicted octanol–water partition coefficient (Wildman–Crippen LogP) is 0.763. The molecule has 1 aliphatic carbocycles. The van der Waals surface area contributed by atoms with Crippen molar-refractivity contribution in [3.05, 3.63) is 12.2 Å². The maximum Gasteiger partial charge on any atom is 0.227 e. The molecule has 6 nitrogen and oxygen atoms in total. The number of rotatable bonds is 5. The second-order valence-electron chi connectivity index (χ2n) is 5.34. The fraction of sp³-hybridized carbons (Fsp3) is 0.769. The molecule has 6 heteroatoms. The van der Waals surface area contributed by atoms with Crippen LogP contribution in [0.3, 0.4) is 0 Å². The lowest BCUT2D eigenvalue weighted by Crippen LogP contribution is -2.46. The molecule has 1 fully saturated rings. The van der Waals surface area contributed by atoms with Gasteiger partial charge in [0.2, 0.25) is 5.91 Å². The molecule has 0 saturated heterocycles. The van der Waals surface area contributed by atoms with Crippen molar-refractivity contribution in [2.45, 2.75) is 44.9 Å². The molecule has 0 unspecified atom stereocenters. The largest absolute Gasteiger partial charge is 0.355 e. The van der Waals surface area contributed by atoms with Gasteiger partial charge < -0.3 is 11.1 Å². The highest BCUT2D eigenvalue weighted by molar-refractivity contribution is 5.82. The summed E-state index contributed by atoms with van der Waals surface area (Å²) in [5.74, 6) is 0.902. The third-order valence-corrected chi connectivity index (χ3v) is 4.05. The number of aromatic amines is 1. The third kappa shape index (κ3) is 3.53. The van der Waals surface area contributed by atoms with E-state index in [1.54, 1.807) is 0 Å². The number of nitrogens with zero attached hydrogens (tertiary/aromatic N) is 2.